The first-order valence-electron chi connectivity index (χ1n) is 3.69. The lowest BCUT2D eigenvalue weighted by atomic mass is 9.91. The van der Waals surface area contributed by atoms with Gasteiger partial charge in [0, 0.05) is 18.0 Å². The first kappa shape index (κ1) is 10.3. The molecule has 1 heterocycles. The molecule has 0 amide bonds. The Kier molecular flexibility index (Phi) is 2.92. The van der Waals surface area contributed by atoms with Crippen molar-refractivity contribution in [3.8, 4) is 12.3 Å². The quantitative estimate of drug-likeness (QED) is 0.534. The van der Waals surface area contributed by atoms with Crippen LogP contribution in [0.25, 0.3) is 6.08 Å². The van der Waals surface area contributed by atoms with Gasteiger partial charge in [-0.3, -0.25) is 0 Å². The smallest absolute Gasteiger partial charge is 0.445 e. The van der Waals surface area contributed by atoms with Crippen LogP contribution in [0.3, 0.4) is 0 Å². The number of hydrogen-bond donors (Lipinski definition) is 0. The van der Waals surface area contributed by atoms with E-state index in [9.17, 15) is 12.9 Å². The molecule has 0 N–H and O–H groups in total. The number of hydrogen-bond acceptors (Lipinski definition) is 2. The van der Waals surface area contributed by atoms with Gasteiger partial charge < -0.3 is 12.9 Å². The van der Waals surface area contributed by atoms with Gasteiger partial charge >= 0.3 is 6.98 Å². The van der Waals surface area contributed by atoms with Gasteiger partial charge in [0.2, 0.25) is 5.82 Å². The Morgan fingerprint density at radius 1 is 1.29 bits per heavy atom. The number of rotatable bonds is 2. The monoisotopic (exact) mass is 197 g/mol. The van der Waals surface area contributed by atoms with Crippen molar-refractivity contribution >= 4 is 13.1 Å². The van der Waals surface area contributed by atoms with Crippen molar-refractivity contribution < 1.29 is 12.9 Å². The van der Waals surface area contributed by atoms with Crippen LogP contribution in [-0.2, 0) is 0 Å². The van der Waals surface area contributed by atoms with Crippen LogP contribution in [0.15, 0.2) is 18.4 Å². The second-order valence-corrected chi connectivity index (χ2v) is 2.47. The van der Waals surface area contributed by atoms with Gasteiger partial charge in [-0.1, -0.05) is 6.08 Å². The molecule has 1 rings (SSSR count). The Morgan fingerprint density at radius 3 is 2.29 bits per heavy atom. The molecule has 1 aromatic heterocycles. The van der Waals surface area contributed by atoms with Crippen LogP contribution in [0.4, 0.5) is 12.9 Å². The summed E-state index contributed by atoms with van der Waals surface area (Å²) in [4.78, 5) is 7.28. The van der Waals surface area contributed by atoms with E-state index in [2.05, 4.69) is 15.9 Å². The number of terminal acetylenes is 1. The van der Waals surface area contributed by atoms with Crippen molar-refractivity contribution in [3.05, 3.63) is 29.8 Å². The molecule has 0 unspecified atom stereocenters. The SMILES string of the molecule is C#Cc1ncc(/C=C/[B-](F)(F)F)cn1. The van der Waals surface area contributed by atoms with Gasteiger partial charge in [-0.15, -0.1) is 12.4 Å². The summed E-state index contributed by atoms with van der Waals surface area (Å²) >= 11 is 0. The molecule has 0 fully saturated rings. The molecule has 0 spiro atoms. The van der Waals surface area contributed by atoms with Crippen molar-refractivity contribution in [1.29, 1.82) is 0 Å². The third-order valence-corrected chi connectivity index (χ3v) is 1.31. The van der Waals surface area contributed by atoms with Crippen LogP contribution in [0.1, 0.15) is 11.4 Å². The molecule has 14 heavy (non-hydrogen) atoms. The minimum Gasteiger partial charge on any atom is -0.445 e. The van der Waals surface area contributed by atoms with Crippen molar-refractivity contribution in [2.45, 2.75) is 0 Å². The molecule has 0 radical (unpaired) electrons. The van der Waals surface area contributed by atoms with Crippen molar-refractivity contribution in [1.82, 2.24) is 9.97 Å². The van der Waals surface area contributed by atoms with Gasteiger partial charge in [0.15, 0.2) is 0 Å². The first-order chi connectivity index (χ1) is 6.51. The van der Waals surface area contributed by atoms with E-state index in [1.165, 1.54) is 12.4 Å². The minimum atomic E-state index is -4.92. The van der Waals surface area contributed by atoms with E-state index in [-0.39, 0.29) is 17.4 Å². The fourth-order valence-corrected chi connectivity index (χ4v) is 0.719. The summed E-state index contributed by atoms with van der Waals surface area (Å²) in [6, 6.07) is 0. The van der Waals surface area contributed by atoms with E-state index in [1.54, 1.807) is 0 Å². The van der Waals surface area contributed by atoms with Crippen LogP contribution in [0.2, 0.25) is 0 Å². The van der Waals surface area contributed by atoms with Gasteiger partial charge in [0.05, 0.1) is 0 Å². The zero-order chi connectivity index (χ0) is 10.6. The molecule has 2 nitrogen and oxygen atoms in total. The van der Waals surface area contributed by atoms with Gasteiger partial charge in [-0.2, -0.15) is 0 Å². The standard InChI is InChI=1S/C8H5BF3N2/c1-2-8-13-5-7(6-14-8)3-4-9(10,11)12/h1,3-6H/q-1/b4-3+. The highest BCUT2D eigenvalue weighted by Gasteiger charge is 2.16. The van der Waals surface area contributed by atoms with Gasteiger partial charge in [0.25, 0.3) is 0 Å². The maximum Gasteiger partial charge on any atom is 0.502 e. The average Bonchev–Trinajstić information content (AvgIpc) is 2.14. The van der Waals surface area contributed by atoms with E-state index in [0.717, 1.165) is 6.08 Å². The van der Waals surface area contributed by atoms with E-state index in [0.29, 0.717) is 0 Å². The Balaban J connectivity index is 2.80. The van der Waals surface area contributed by atoms with Crippen molar-refractivity contribution in [2.75, 3.05) is 0 Å². The Labute approximate surface area is 78.9 Å². The van der Waals surface area contributed by atoms with Crippen LogP contribution >= 0.6 is 0 Å². The van der Waals surface area contributed by atoms with Crippen LogP contribution in [0.5, 0.6) is 0 Å². The maximum atomic E-state index is 11.8. The third-order valence-electron chi connectivity index (χ3n) is 1.31. The molecular weight excluding hydrogens is 192 g/mol. The lowest BCUT2D eigenvalue weighted by molar-refractivity contribution is 0.499. The molecule has 0 aromatic carbocycles. The van der Waals surface area contributed by atoms with E-state index in [1.807, 2.05) is 0 Å². The molecular formula is C8H5BF3N2-. The summed E-state index contributed by atoms with van der Waals surface area (Å²) in [5, 5.41) is 0. The van der Waals surface area contributed by atoms with E-state index >= 15 is 0 Å². The normalized spacial score (nSPS) is 11.6. The molecule has 0 saturated carbocycles. The molecule has 1 aromatic rings. The third kappa shape index (κ3) is 3.31. The fourth-order valence-electron chi connectivity index (χ4n) is 0.719. The Morgan fingerprint density at radius 2 is 1.86 bits per heavy atom. The summed E-state index contributed by atoms with van der Waals surface area (Å²) in [6.07, 6.45) is 8.35. The summed E-state index contributed by atoms with van der Waals surface area (Å²) in [5.74, 6) is 2.49. The first-order valence-corrected chi connectivity index (χ1v) is 3.69. The second-order valence-electron chi connectivity index (χ2n) is 2.47. The summed E-state index contributed by atoms with van der Waals surface area (Å²) in [7, 11) is 0. The van der Waals surface area contributed by atoms with E-state index < -0.39 is 6.98 Å². The van der Waals surface area contributed by atoms with Crippen LogP contribution < -0.4 is 0 Å². The molecule has 0 bridgehead atoms. The lowest BCUT2D eigenvalue weighted by Crippen LogP contribution is -2.09. The molecule has 6 heteroatoms. The van der Waals surface area contributed by atoms with Crippen molar-refractivity contribution in [3.63, 3.8) is 0 Å². The molecule has 0 aliphatic heterocycles. The number of halogens is 3. The summed E-state index contributed by atoms with van der Waals surface area (Å²) < 4.78 is 35.4. The highest BCUT2D eigenvalue weighted by molar-refractivity contribution is 6.64. The Bertz CT molecular complexity index is 375. The topological polar surface area (TPSA) is 25.8 Å². The largest absolute Gasteiger partial charge is 0.502 e. The van der Waals surface area contributed by atoms with Gasteiger partial charge in [-0.25, -0.2) is 9.97 Å². The molecule has 72 valence electrons. The average molecular weight is 197 g/mol. The van der Waals surface area contributed by atoms with E-state index in [4.69, 9.17) is 6.42 Å². The van der Waals surface area contributed by atoms with Gasteiger partial charge in [0.1, 0.15) is 0 Å². The van der Waals surface area contributed by atoms with Crippen LogP contribution in [0, 0.1) is 12.3 Å². The molecule has 0 saturated heterocycles. The van der Waals surface area contributed by atoms with Crippen LogP contribution in [-0.4, -0.2) is 16.9 Å². The lowest BCUT2D eigenvalue weighted by Gasteiger charge is -2.05. The number of nitrogens with zero attached hydrogens (tertiary/aromatic N) is 2. The Hall–Kier alpha value is -1.77. The number of aromatic nitrogens is 2. The fraction of sp³-hybridized carbons (Fsp3) is 0. The maximum absolute atomic E-state index is 11.8. The molecule has 0 aliphatic carbocycles. The summed E-state index contributed by atoms with van der Waals surface area (Å²) in [5.41, 5.74) is 0.267. The summed E-state index contributed by atoms with van der Waals surface area (Å²) in [6.45, 7) is -4.92. The minimum absolute atomic E-state index is 0.152. The molecule has 0 aliphatic rings. The predicted molar refractivity (Wildman–Crippen MR) is 48.1 cm³/mol. The highest BCUT2D eigenvalue weighted by atomic mass is 19.4. The predicted octanol–water partition coefficient (Wildman–Crippen LogP) is 1.86. The second kappa shape index (κ2) is 3.96. The van der Waals surface area contributed by atoms with Gasteiger partial charge in [-0.05, 0) is 5.92 Å². The molecule has 0 atom stereocenters. The zero-order valence-electron chi connectivity index (χ0n) is 6.99. The van der Waals surface area contributed by atoms with Crippen molar-refractivity contribution in [2.24, 2.45) is 0 Å². The highest BCUT2D eigenvalue weighted by Crippen LogP contribution is 2.11. The zero-order valence-corrected chi connectivity index (χ0v) is 6.99.